The molecule has 0 spiro atoms. The van der Waals surface area contributed by atoms with Crippen LogP contribution in [0.25, 0.3) is 0 Å². The Morgan fingerprint density at radius 3 is 0.984 bits per heavy atom. The van der Waals surface area contributed by atoms with E-state index in [1.807, 2.05) is 0 Å². The van der Waals surface area contributed by atoms with E-state index in [0.29, 0.717) is 19.3 Å². The van der Waals surface area contributed by atoms with Crippen LogP contribution in [0.3, 0.4) is 0 Å². The van der Waals surface area contributed by atoms with Crippen molar-refractivity contribution >= 4 is 17.9 Å². The van der Waals surface area contributed by atoms with Crippen LogP contribution in [0.2, 0.25) is 0 Å². The van der Waals surface area contributed by atoms with Crippen molar-refractivity contribution in [1.29, 1.82) is 0 Å². The monoisotopic (exact) mass is 881 g/mol. The highest BCUT2D eigenvalue weighted by molar-refractivity contribution is 5.71. The molecule has 0 radical (unpaired) electrons. The number of hydrogen-bond acceptors (Lipinski definition) is 6. The van der Waals surface area contributed by atoms with E-state index in [-0.39, 0.29) is 37.5 Å². The third-order valence-electron chi connectivity index (χ3n) is 11.5. The Hall–Kier alpha value is -2.89. The summed E-state index contributed by atoms with van der Waals surface area (Å²) < 4.78 is 16.8. The van der Waals surface area contributed by atoms with Gasteiger partial charge in [0, 0.05) is 19.3 Å². The van der Waals surface area contributed by atoms with E-state index in [2.05, 4.69) is 81.5 Å². The Labute approximate surface area is 390 Å². The fourth-order valence-corrected chi connectivity index (χ4v) is 7.43. The summed E-state index contributed by atoms with van der Waals surface area (Å²) in [6.45, 7) is 6.56. The molecule has 0 aliphatic carbocycles. The van der Waals surface area contributed by atoms with Gasteiger partial charge in [-0.15, -0.1) is 0 Å². The van der Waals surface area contributed by atoms with E-state index in [4.69, 9.17) is 14.2 Å². The largest absolute Gasteiger partial charge is 0.462 e. The second-order valence-electron chi connectivity index (χ2n) is 17.8. The molecule has 6 nitrogen and oxygen atoms in total. The van der Waals surface area contributed by atoms with Crippen LogP contribution < -0.4 is 0 Å². The third-order valence-corrected chi connectivity index (χ3v) is 11.5. The molecule has 0 aliphatic rings. The molecule has 63 heavy (non-hydrogen) atoms. The van der Waals surface area contributed by atoms with Gasteiger partial charge in [-0.3, -0.25) is 14.4 Å². The molecule has 0 aromatic rings. The average molecular weight is 881 g/mol. The van der Waals surface area contributed by atoms with Gasteiger partial charge in [-0.05, 0) is 83.5 Å². The first kappa shape index (κ1) is 60.1. The minimum absolute atomic E-state index is 0.0964. The lowest BCUT2D eigenvalue weighted by Crippen LogP contribution is -2.30. The van der Waals surface area contributed by atoms with Gasteiger partial charge in [0.2, 0.25) is 0 Å². The van der Waals surface area contributed by atoms with Crippen LogP contribution in [0.1, 0.15) is 265 Å². The number of hydrogen-bond donors (Lipinski definition) is 0. The van der Waals surface area contributed by atoms with E-state index in [1.165, 1.54) is 148 Å². The van der Waals surface area contributed by atoms with Gasteiger partial charge >= 0.3 is 17.9 Å². The lowest BCUT2D eigenvalue weighted by Gasteiger charge is -2.18. The molecule has 0 N–H and O–H groups in total. The normalized spacial score (nSPS) is 12.5. The Balaban J connectivity index is 4.47. The first-order chi connectivity index (χ1) is 31.0. The highest BCUT2D eigenvalue weighted by Gasteiger charge is 2.19. The predicted octanol–water partition coefficient (Wildman–Crippen LogP) is 17.6. The van der Waals surface area contributed by atoms with E-state index < -0.39 is 6.10 Å². The summed E-state index contributed by atoms with van der Waals surface area (Å²) in [6.07, 6.45) is 63.5. The van der Waals surface area contributed by atoms with Crippen molar-refractivity contribution in [2.75, 3.05) is 13.2 Å². The van der Waals surface area contributed by atoms with Gasteiger partial charge in [0.05, 0.1) is 0 Å². The summed E-state index contributed by atoms with van der Waals surface area (Å²) in [7, 11) is 0. The quantitative estimate of drug-likeness (QED) is 0.0262. The van der Waals surface area contributed by atoms with Gasteiger partial charge in [0.1, 0.15) is 13.2 Å². The van der Waals surface area contributed by atoms with Crippen molar-refractivity contribution in [3.05, 3.63) is 60.8 Å². The van der Waals surface area contributed by atoms with Crippen LogP contribution in [0.15, 0.2) is 60.8 Å². The van der Waals surface area contributed by atoms with Gasteiger partial charge in [0.15, 0.2) is 6.10 Å². The fourth-order valence-electron chi connectivity index (χ4n) is 7.43. The van der Waals surface area contributed by atoms with E-state index in [9.17, 15) is 14.4 Å². The zero-order valence-electron chi connectivity index (χ0n) is 41.6. The zero-order chi connectivity index (χ0) is 45.8. The first-order valence-corrected chi connectivity index (χ1v) is 26.8. The maximum Gasteiger partial charge on any atom is 0.306 e. The van der Waals surface area contributed by atoms with Crippen molar-refractivity contribution in [1.82, 2.24) is 0 Å². The molecular formula is C57H100O6. The van der Waals surface area contributed by atoms with Crippen LogP contribution in [0, 0.1) is 0 Å². The van der Waals surface area contributed by atoms with Crippen LogP contribution >= 0.6 is 0 Å². The van der Waals surface area contributed by atoms with Crippen LogP contribution in [0.5, 0.6) is 0 Å². The molecule has 1 atom stereocenters. The summed E-state index contributed by atoms with van der Waals surface area (Å²) in [5, 5.41) is 0. The van der Waals surface area contributed by atoms with Crippen molar-refractivity contribution in [3.63, 3.8) is 0 Å². The molecule has 0 saturated heterocycles. The SMILES string of the molecule is CCCCC/C=C\C/C=C\C/C=C\C/C=C\CCCC(=O)OC(COC(=O)CCCCCCC/C=C\CCCCCCCC)COC(=O)CCCCCCCCCCCCCCC. The molecular weight excluding hydrogens is 781 g/mol. The maximum absolute atomic E-state index is 12.8. The number of carbonyl (C=O) groups excluding carboxylic acids is 3. The number of carbonyl (C=O) groups is 3. The fraction of sp³-hybridized carbons (Fsp3) is 0.772. The first-order valence-electron chi connectivity index (χ1n) is 26.8. The van der Waals surface area contributed by atoms with Crippen LogP contribution in [0.4, 0.5) is 0 Å². The van der Waals surface area contributed by atoms with Gasteiger partial charge in [-0.2, -0.15) is 0 Å². The Kier molecular flexibility index (Phi) is 49.4. The Morgan fingerprint density at radius 1 is 0.317 bits per heavy atom. The number of esters is 3. The average Bonchev–Trinajstić information content (AvgIpc) is 3.28. The molecule has 0 fully saturated rings. The second kappa shape index (κ2) is 51.7. The number of allylic oxidation sites excluding steroid dienone is 10. The highest BCUT2D eigenvalue weighted by Crippen LogP contribution is 2.15. The van der Waals surface area contributed by atoms with Crippen molar-refractivity contribution in [2.24, 2.45) is 0 Å². The lowest BCUT2D eigenvalue weighted by atomic mass is 10.0. The summed E-state index contributed by atoms with van der Waals surface area (Å²) in [4.78, 5) is 38.0. The highest BCUT2D eigenvalue weighted by atomic mass is 16.6. The molecule has 0 rings (SSSR count). The molecule has 0 saturated carbocycles. The maximum atomic E-state index is 12.8. The van der Waals surface area contributed by atoms with Crippen molar-refractivity contribution < 1.29 is 28.6 Å². The van der Waals surface area contributed by atoms with Gasteiger partial charge in [-0.25, -0.2) is 0 Å². The molecule has 0 bridgehead atoms. The standard InChI is InChI=1S/C57H100O6/c1-4-7-10-13-16-19-22-25-27-28-30-33-36-39-42-45-48-51-57(60)63-54(52-61-55(58)49-46-43-40-37-34-31-24-21-18-15-12-9-6-3)53-62-56(59)50-47-44-41-38-35-32-29-26-23-20-17-14-11-8-5-2/h16,19,25-27,29-30,33,39,42,54H,4-15,17-18,20-24,28,31-32,34-38,40-41,43-53H2,1-3H3/b19-16-,27-25-,29-26-,33-30-,42-39-. The summed E-state index contributed by atoms with van der Waals surface area (Å²) in [6, 6.07) is 0. The topological polar surface area (TPSA) is 78.9 Å². The van der Waals surface area contributed by atoms with Crippen LogP contribution in [-0.2, 0) is 28.6 Å². The number of unbranched alkanes of at least 4 members (excludes halogenated alkanes) is 27. The van der Waals surface area contributed by atoms with E-state index >= 15 is 0 Å². The summed E-state index contributed by atoms with van der Waals surface area (Å²) in [5.41, 5.74) is 0. The number of ether oxygens (including phenoxy) is 3. The van der Waals surface area contributed by atoms with Crippen molar-refractivity contribution in [3.8, 4) is 0 Å². The molecule has 0 aromatic carbocycles. The minimum atomic E-state index is -0.803. The van der Waals surface area contributed by atoms with E-state index in [1.54, 1.807) is 0 Å². The van der Waals surface area contributed by atoms with Crippen molar-refractivity contribution in [2.45, 2.75) is 271 Å². The van der Waals surface area contributed by atoms with Crippen LogP contribution in [-0.4, -0.2) is 37.2 Å². The molecule has 0 aliphatic heterocycles. The molecule has 0 amide bonds. The predicted molar refractivity (Wildman–Crippen MR) is 270 cm³/mol. The lowest BCUT2D eigenvalue weighted by molar-refractivity contribution is -0.167. The second-order valence-corrected chi connectivity index (χ2v) is 17.8. The third kappa shape index (κ3) is 50.0. The molecule has 6 heteroatoms. The summed E-state index contributed by atoms with van der Waals surface area (Å²) >= 11 is 0. The summed E-state index contributed by atoms with van der Waals surface area (Å²) in [5.74, 6) is -0.955. The zero-order valence-corrected chi connectivity index (χ0v) is 41.6. The Morgan fingerprint density at radius 2 is 0.587 bits per heavy atom. The smallest absolute Gasteiger partial charge is 0.306 e. The minimum Gasteiger partial charge on any atom is -0.462 e. The molecule has 1 unspecified atom stereocenters. The molecule has 0 aromatic heterocycles. The number of rotatable bonds is 48. The molecule has 0 heterocycles. The van der Waals surface area contributed by atoms with Gasteiger partial charge in [-0.1, -0.05) is 223 Å². The van der Waals surface area contributed by atoms with Gasteiger partial charge < -0.3 is 14.2 Å². The van der Waals surface area contributed by atoms with E-state index in [0.717, 1.165) is 70.6 Å². The molecule has 364 valence electrons. The Bertz CT molecular complexity index is 1150. The van der Waals surface area contributed by atoms with Gasteiger partial charge in [0.25, 0.3) is 0 Å².